The van der Waals surface area contributed by atoms with Gasteiger partial charge in [0.15, 0.2) is 5.69 Å². The number of aromatic nitrogens is 2. The Kier molecular flexibility index (Phi) is 3.77. The number of ether oxygens (including phenoxy) is 1. The fourth-order valence-corrected chi connectivity index (χ4v) is 3.35. The summed E-state index contributed by atoms with van der Waals surface area (Å²) in [6, 6.07) is 21.1. The van der Waals surface area contributed by atoms with Crippen LogP contribution in [-0.2, 0) is 0 Å². The van der Waals surface area contributed by atoms with Gasteiger partial charge in [0, 0.05) is 11.6 Å². The zero-order chi connectivity index (χ0) is 17.4. The van der Waals surface area contributed by atoms with E-state index in [1.165, 1.54) is 22.4 Å². The SMILES string of the molecule is COc1ccc(-n2c(-c3ccc(C)cc3C)c[n+]3ccccc23)cc1. The molecule has 3 nitrogen and oxygen atoms in total. The first-order valence-corrected chi connectivity index (χ1v) is 8.41. The summed E-state index contributed by atoms with van der Waals surface area (Å²) >= 11 is 0. The van der Waals surface area contributed by atoms with Crippen LogP contribution in [0.5, 0.6) is 5.75 Å². The molecule has 2 heterocycles. The summed E-state index contributed by atoms with van der Waals surface area (Å²) in [4.78, 5) is 0. The molecule has 0 aliphatic carbocycles. The predicted molar refractivity (Wildman–Crippen MR) is 100 cm³/mol. The highest BCUT2D eigenvalue weighted by Gasteiger charge is 2.21. The lowest BCUT2D eigenvalue weighted by atomic mass is 10.0. The monoisotopic (exact) mass is 329 g/mol. The van der Waals surface area contributed by atoms with E-state index in [-0.39, 0.29) is 0 Å². The van der Waals surface area contributed by atoms with Gasteiger partial charge in [-0.2, -0.15) is 4.57 Å². The maximum atomic E-state index is 5.31. The molecular weight excluding hydrogens is 308 g/mol. The van der Waals surface area contributed by atoms with Crippen molar-refractivity contribution in [3.63, 3.8) is 0 Å². The summed E-state index contributed by atoms with van der Waals surface area (Å²) in [5.41, 5.74) is 7.21. The molecule has 0 spiro atoms. The zero-order valence-corrected chi connectivity index (χ0v) is 14.7. The standard InChI is InChI=1S/C22H21N2O/c1-16-7-12-20(17(2)14-16)21-15-23-13-5-4-6-22(23)24(21)18-8-10-19(25-3)11-9-18/h4-15H,1-3H3/q+1. The van der Waals surface area contributed by atoms with Crippen molar-refractivity contribution in [3.8, 4) is 22.7 Å². The lowest BCUT2D eigenvalue weighted by molar-refractivity contribution is -0.510. The van der Waals surface area contributed by atoms with Crippen LogP contribution in [-0.4, -0.2) is 11.7 Å². The van der Waals surface area contributed by atoms with Gasteiger partial charge in [0.25, 0.3) is 5.65 Å². The third-order valence-corrected chi connectivity index (χ3v) is 4.59. The molecule has 124 valence electrons. The van der Waals surface area contributed by atoms with Gasteiger partial charge in [0.05, 0.1) is 13.3 Å². The summed E-state index contributed by atoms with van der Waals surface area (Å²) in [5, 5.41) is 0. The van der Waals surface area contributed by atoms with Gasteiger partial charge in [-0.1, -0.05) is 29.8 Å². The van der Waals surface area contributed by atoms with Crippen molar-refractivity contribution in [2.75, 3.05) is 7.11 Å². The van der Waals surface area contributed by atoms with E-state index in [1.807, 2.05) is 12.1 Å². The van der Waals surface area contributed by atoms with Crippen molar-refractivity contribution in [2.45, 2.75) is 13.8 Å². The maximum Gasteiger partial charge on any atom is 0.291 e. The van der Waals surface area contributed by atoms with Gasteiger partial charge in [-0.15, -0.1) is 0 Å². The van der Waals surface area contributed by atoms with Crippen LogP contribution < -0.4 is 9.14 Å². The third-order valence-electron chi connectivity index (χ3n) is 4.59. The average Bonchev–Trinajstić information content (AvgIpc) is 3.01. The first kappa shape index (κ1) is 15.5. The minimum Gasteiger partial charge on any atom is -0.497 e. The minimum atomic E-state index is 0.862. The molecule has 2 aromatic carbocycles. The molecule has 25 heavy (non-hydrogen) atoms. The van der Waals surface area contributed by atoms with Crippen LogP contribution in [0.3, 0.4) is 0 Å². The molecule has 0 unspecified atom stereocenters. The number of methoxy groups -OCH3 is 1. The highest BCUT2D eigenvalue weighted by molar-refractivity contribution is 5.69. The summed E-state index contributed by atoms with van der Waals surface area (Å²) in [5.74, 6) is 0.862. The lowest BCUT2D eigenvalue weighted by Crippen LogP contribution is -2.17. The highest BCUT2D eigenvalue weighted by atomic mass is 16.5. The summed E-state index contributed by atoms with van der Waals surface area (Å²) in [6.07, 6.45) is 4.28. The van der Waals surface area contributed by atoms with E-state index in [9.17, 15) is 0 Å². The molecule has 0 aliphatic rings. The van der Waals surface area contributed by atoms with E-state index < -0.39 is 0 Å². The Morgan fingerprint density at radius 2 is 1.72 bits per heavy atom. The zero-order valence-electron chi connectivity index (χ0n) is 14.7. The number of hydrogen-bond acceptors (Lipinski definition) is 1. The Hall–Kier alpha value is -3.07. The Bertz CT molecular complexity index is 1050. The fourth-order valence-electron chi connectivity index (χ4n) is 3.35. The number of pyridine rings is 1. The Balaban J connectivity index is 2.00. The number of hydrogen-bond donors (Lipinski definition) is 0. The quantitative estimate of drug-likeness (QED) is 0.506. The summed E-state index contributed by atoms with van der Waals surface area (Å²) < 4.78 is 9.76. The smallest absolute Gasteiger partial charge is 0.291 e. The van der Waals surface area contributed by atoms with Gasteiger partial charge >= 0.3 is 0 Å². The van der Waals surface area contributed by atoms with Crippen molar-refractivity contribution < 1.29 is 9.14 Å². The topological polar surface area (TPSA) is 18.3 Å². The molecular formula is C22H21N2O+. The van der Waals surface area contributed by atoms with Gasteiger partial charge in [-0.25, -0.2) is 4.40 Å². The largest absolute Gasteiger partial charge is 0.497 e. The van der Waals surface area contributed by atoms with Crippen LogP contribution in [0, 0.1) is 13.8 Å². The molecule has 0 bridgehead atoms. The second kappa shape index (κ2) is 6.10. The molecule has 0 aliphatic heterocycles. The van der Waals surface area contributed by atoms with Crippen molar-refractivity contribution in [3.05, 3.63) is 84.2 Å². The van der Waals surface area contributed by atoms with Gasteiger partial charge in [0.2, 0.25) is 0 Å². The van der Waals surface area contributed by atoms with Crippen LogP contribution in [0.2, 0.25) is 0 Å². The van der Waals surface area contributed by atoms with E-state index in [0.29, 0.717) is 0 Å². The molecule has 2 aromatic heterocycles. The van der Waals surface area contributed by atoms with E-state index in [4.69, 9.17) is 4.74 Å². The summed E-state index contributed by atoms with van der Waals surface area (Å²) in [7, 11) is 1.69. The third kappa shape index (κ3) is 2.68. The first-order valence-electron chi connectivity index (χ1n) is 8.41. The van der Waals surface area contributed by atoms with Crippen molar-refractivity contribution in [1.29, 1.82) is 0 Å². The molecule has 0 fully saturated rings. The molecule has 4 aromatic rings. The second-order valence-corrected chi connectivity index (χ2v) is 6.33. The molecule has 4 rings (SSSR count). The fraction of sp³-hybridized carbons (Fsp3) is 0.136. The predicted octanol–water partition coefficient (Wildman–Crippen LogP) is 4.51. The number of rotatable bonds is 3. The van der Waals surface area contributed by atoms with Crippen molar-refractivity contribution in [1.82, 2.24) is 4.57 Å². The Morgan fingerprint density at radius 3 is 2.44 bits per heavy atom. The number of fused-ring (bicyclic) bond motifs is 1. The summed E-state index contributed by atoms with van der Waals surface area (Å²) in [6.45, 7) is 4.30. The molecule has 0 N–H and O–H groups in total. The number of nitrogens with zero attached hydrogens (tertiary/aromatic N) is 2. The number of aryl methyl sites for hydroxylation is 2. The van der Waals surface area contributed by atoms with Crippen LogP contribution in [0.15, 0.2) is 73.1 Å². The van der Waals surface area contributed by atoms with E-state index in [0.717, 1.165) is 17.1 Å². The average molecular weight is 329 g/mol. The first-order chi connectivity index (χ1) is 12.2. The van der Waals surface area contributed by atoms with Crippen molar-refractivity contribution >= 4 is 5.65 Å². The van der Waals surface area contributed by atoms with Crippen LogP contribution in [0.25, 0.3) is 22.6 Å². The molecule has 0 saturated carbocycles. The molecule has 0 amide bonds. The van der Waals surface area contributed by atoms with Gasteiger partial charge in [-0.3, -0.25) is 0 Å². The number of benzene rings is 2. The second-order valence-electron chi connectivity index (χ2n) is 6.33. The molecule has 0 atom stereocenters. The minimum absolute atomic E-state index is 0.862. The van der Waals surface area contributed by atoms with Gasteiger partial charge in [-0.05, 0) is 49.7 Å². The van der Waals surface area contributed by atoms with Crippen LogP contribution in [0.1, 0.15) is 11.1 Å². The van der Waals surface area contributed by atoms with Gasteiger partial charge in [0.1, 0.15) is 17.6 Å². The van der Waals surface area contributed by atoms with E-state index in [1.54, 1.807) is 7.11 Å². The normalized spacial score (nSPS) is 11.0. The molecule has 3 heteroatoms. The maximum absolute atomic E-state index is 5.31. The van der Waals surface area contributed by atoms with Crippen LogP contribution in [0.4, 0.5) is 0 Å². The van der Waals surface area contributed by atoms with E-state index >= 15 is 0 Å². The lowest BCUT2D eigenvalue weighted by Gasteiger charge is -2.07. The van der Waals surface area contributed by atoms with Gasteiger partial charge < -0.3 is 4.74 Å². The van der Waals surface area contributed by atoms with Crippen molar-refractivity contribution in [2.24, 2.45) is 0 Å². The van der Waals surface area contributed by atoms with E-state index in [2.05, 4.69) is 83.7 Å². The van der Waals surface area contributed by atoms with Crippen LogP contribution >= 0.6 is 0 Å². The number of imidazole rings is 1. The highest BCUT2D eigenvalue weighted by Crippen LogP contribution is 2.28. The molecule has 0 saturated heterocycles. The molecule has 0 radical (unpaired) electrons. The Morgan fingerprint density at radius 1 is 0.920 bits per heavy atom. The Labute approximate surface area is 147 Å².